The van der Waals surface area contributed by atoms with Gasteiger partial charge in [0.25, 0.3) is 0 Å². The van der Waals surface area contributed by atoms with E-state index in [1.54, 1.807) is 7.11 Å². The molecule has 1 atom stereocenters. The monoisotopic (exact) mass is 257 g/mol. The van der Waals surface area contributed by atoms with Gasteiger partial charge in [-0.3, -0.25) is 9.59 Å². The second-order valence-corrected chi connectivity index (χ2v) is 5.08. The number of methoxy groups -OCH3 is 1. The maximum absolute atomic E-state index is 11.9. The molecule has 0 spiro atoms. The van der Waals surface area contributed by atoms with E-state index >= 15 is 0 Å². The van der Waals surface area contributed by atoms with Crippen LogP contribution in [0.2, 0.25) is 0 Å². The highest BCUT2D eigenvalue weighted by Gasteiger charge is 2.29. The molecular formula is C13H23NO4. The zero-order chi connectivity index (χ0) is 13.5. The van der Waals surface area contributed by atoms with Gasteiger partial charge < -0.3 is 15.2 Å². The maximum atomic E-state index is 11.9. The van der Waals surface area contributed by atoms with Crippen molar-refractivity contribution in [3.05, 3.63) is 0 Å². The summed E-state index contributed by atoms with van der Waals surface area (Å²) in [6.45, 7) is 2.59. The van der Waals surface area contributed by atoms with Crippen LogP contribution in [0.4, 0.5) is 0 Å². The Labute approximate surface area is 108 Å². The molecule has 0 aromatic rings. The van der Waals surface area contributed by atoms with Gasteiger partial charge in [-0.15, -0.1) is 0 Å². The summed E-state index contributed by atoms with van der Waals surface area (Å²) < 4.78 is 4.96. The van der Waals surface area contributed by atoms with E-state index < -0.39 is 5.97 Å². The highest BCUT2D eigenvalue weighted by Crippen LogP contribution is 2.29. The molecule has 5 nitrogen and oxygen atoms in total. The summed E-state index contributed by atoms with van der Waals surface area (Å²) in [7, 11) is 1.64. The van der Waals surface area contributed by atoms with Gasteiger partial charge in [-0.2, -0.15) is 0 Å². The molecule has 1 fully saturated rings. The molecule has 1 saturated carbocycles. The number of nitrogens with one attached hydrogen (secondary N) is 1. The molecule has 2 N–H and O–H groups in total. The lowest BCUT2D eigenvalue weighted by Gasteiger charge is -2.26. The van der Waals surface area contributed by atoms with Gasteiger partial charge in [-0.05, 0) is 39.0 Å². The van der Waals surface area contributed by atoms with Crippen molar-refractivity contribution >= 4 is 11.9 Å². The fourth-order valence-corrected chi connectivity index (χ4v) is 2.33. The SMILES string of the molecule is COCCC(C)NC(=O)C1CCC(C(=O)O)CC1. The minimum absolute atomic E-state index is 0.0226. The Kier molecular flexibility index (Phi) is 6.12. The first kappa shape index (κ1) is 15.0. The van der Waals surface area contributed by atoms with Crippen LogP contribution in [-0.2, 0) is 14.3 Å². The lowest BCUT2D eigenvalue weighted by molar-refractivity contribution is -0.144. The first-order valence-corrected chi connectivity index (χ1v) is 6.56. The predicted octanol–water partition coefficient (Wildman–Crippen LogP) is 1.42. The van der Waals surface area contributed by atoms with Crippen LogP contribution in [0, 0.1) is 11.8 Å². The van der Waals surface area contributed by atoms with E-state index in [1.807, 2.05) is 6.92 Å². The Morgan fingerprint density at radius 3 is 2.33 bits per heavy atom. The van der Waals surface area contributed by atoms with Crippen LogP contribution in [0.3, 0.4) is 0 Å². The number of rotatable bonds is 6. The van der Waals surface area contributed by atoms with Gasteiger partial charge in [-0.1, -0.05) is 0 Å². The first-order valence-electron chi connectivity index (χ1n) is 6.56. The quantitative estimate of drug-likeness (QED) is 0.754. The van der Waals surface area contributed by atoms with Crippen LogP contribution < -0.4 is 5.32 Å². The van der Waals surface area contributed by atoms with Crippen molar-refractivity contribution in [2.75, 3.05) is 13.7 Å². The molecule has 104 valence electrons. The number of aliphatic carboxylic acids is 1. The van der Waals surface area contributed by atoms with E-state index in [2.05, 4.69) is 5.32 Å². The van der Waals surface area contributed by atoms with E-state index in [-0.39, 0.29) is 23.8 Å². The number of carbonyl (C=O) groups is 2. The van der Waals surface area contributed by atoms with Gasteiger partial charge in [0.05, 0.1) is 5.92 Å². The van der Waals surface area contributed by atoms with Crippen molar-refractivity contribution in [3.63, 3.8) is 0 Å². The van der Waals surface area contributed by atoms with Gasteiger partial charge >= 0.3 is 5.97 Å². The van der Waals surface area contributed by atoms with Gasteiger partial charge in [0.15, 0.2) is 0 Å². The van der Waals surface area contributed by atoms with E-state index in [9.17, 15) is 9.59 Å². The lowest BCUT2D eigenvalue weighted by atomic mass is 9.81. The highest BCUT2D eigenvalue weighted by molar-refractivity contribution is 5.79. The minimum atomic E-state index is -0.734. The number of ether oxygens (including phenoxy) is 1. The van der Waals surface area contributed by atoms with Gasteiger partial charge in [0.1, 0.15) is 0 Å². The Bertz CT molecular complexity index is 285. The van der Waals surface area contributed by atoms with Crippen molar-refractivity contribution < 1.29 is 19.4 Å². The summed E-state index contributed by atoms with van der Waals surface area (Å²) in [5.74, 6) is -0.963. The molecule has 0 aromatic carbocycles. The third-order valence-corrected chi connectivity index (χ3v) is 3.59. The molecule has 0 aliphatic heterocycles. The molecule has 0 saturated heterocycles. The fraction of sp³-hybridized carbons (Fsp3) is 0.846. The smallest absolute Gasteiger partial charge is 0.306 e. The molecule has 0 aromatic heterocycles. The molecular weight excluding hydrogens is 234 g/mol. The largest absolute Gasteiger partial charge is 0.481 e. The highest BCUT2D eigenvalue weighted by atomic mass is 16.5. The van der Waals surface area contributed by atoms with Crippen molar-refractivity contribution in [2.45, 2.75) is 45.1 Å². The first-order chi connectivity index (χ1) is 8.54. The lowest BCUT2D eigenvalue weighted by Crippen LogP contribution is -2.39. The summed E-state index contributed by atoms with van der Waals surface area (Å²) in [6.07, 6.45) is 3.38. The van der Waals surface area contributed by atoms with E-state index in [1.165, 1.54) is 0 Å². The summed E-state index contributed by atoms with van der Waals surface area (Å²) in [5.41, 5.74) is 0. The molecule has 1 aliphatic rings. The van der Waals surface area contributed by atoms with E-state index in [4.69, 9.17) is 9.84 Å². The normalized spacial score (nSPS) is 25.4. The number of carboxylic acids is 1. The Hall–Kier alpha value is -1.10. The fourth-order valence-electron chi connectivity index (χ4n) is 2.33. The van der Waals surface area contributed by atoms with Crippen LogP contribution in [0.25, 0.3) is 0 Å². The van der Waals surface area contributed by atoms with Crippen LogP contribution in [-0.4, -0.2) is 36.7 Å². The average Bonchev–Trinajstić information content (AvgIpc) is 2.36. The van der Waals surface area contributed by atoms with Crippen LogP contribution >= 0.6 is 0 Å². The molecule has 0 radical (unpaired) electrons. The second-order valence-electron chi connectivity index (χ2n) is 5.08. The van der Waals surface area contributed by atoms with Crippen LogP contribution in [0.15, 0.2) is 0 Å². The van der Waals surface area contributed by atoms with Gasteiger partial charge in [-0.25, -0.2) is 0 Å². The number of amides is 1. The molecule has 1 amide bonds. The number of carboxylic acid groups (broad SMARTS) is 1. The summed E-state index contributed by atoms with van der Waals surface area (Å²) >= 11 is 0. The molecule has 18 heavy (non-hydrogen) atoms. The Morgan fingerprint density at radius 1 is 1.28 bits per heavy atom. The zero-order valence-electron chi connectivity index (χ0n) is 11.1. The average molecular weight is 257 g/mol. The standard InChI is InChI=1S/C13H23NO4/c1-9(7-8-18-2)14-12(15)10-3-5-11(6-4-10)13(16)17/h9-11H,3-8H2,1-2H3,(H,14,15)(H,16,17). The summed E-state index contributed by atoms with van der Waals surface area (Å²) in [6, 6.07) is 0.106. The van der Waals surface area contributed by atoms with E-state index in [0.717, 1.165) is 6.42 Å². The number of hydrogen-bond acceptors (Lipinski definition) is 3. The second kappa shape index (κ2) is 7.36. The third-order valence-electron chi connectivity index (χ3n) is 3.59. The molecule has 1 aliphatic carbocycles. The zero-order valence-corrected chi connectivity index (χ0v) is 11.1. The summed E-state index contributed by atoms with van der Waals surface area (Å²) in [5, 5.41) is 11.9. The van der Waals surface area contributed by atoms with Crippen molar-refractivity contribution in [3.8, 4) is 0 Å². The maximum Gasteiger partial charge on any atom is 0.306 e. The predicted molar refractivity (Wildman–Crippen MR) is 67.2 cm³/mol. The minimum Gasteiger partial charge on any atom is -0.481 e. The molecule has 1 rings (SSSR count). The number of carbonyl (C=O) groups excluding carboxylic acids is 1. The Balaban J connectivity index is 2.29. The van der Waals surface area contributed by atoms with Crippen molar-refractivity contribution in [1.82, 2.24) is 5.32 Å². The Morgan fingerprint density at radius 2 is 1.83 bits per heavy atom. The van der Waals surface area contributed by atoms with Crippen molar-refractivity contribution in [2.24, 2.45) is 11.8 Å². The molecule has 0 bridgehead atoms. The van der Waals surface area contributed by atoms with Gasteiger partial charge in [0, 0.05) is 25.7 Å². The van der Waals surface area contributed by atoms with Gasteiger partial charge in [0.2, 0.25) is 5.91 Å². The molecule has 0 heterocycles. The summed E-state index contributed by atoms with van der Waals surface area (Å²) in [4.78, 5) is 22.8. The van der Waals surface area contributed by atoms with Crippen LogP contribution in [0.1, 0.15) is 39.0 Å². The molecule has 5 heteroatoms. The van der Waals surface area contributed by atoms with Crippen LogP contribution in [0.5, 0.6) is 0 Å². The topological polar surface area (TPSA) is 75.6 Å². The van der Waals surface area contributed by atoms with Crippen molar-refractivity contribution in [1.29, 1.82) is 0 Å². The third kappa shape index (κ3) is 4.64. The van der Waals surface area contributed by atoms with E-state index in [0.29, 0.717) is 32.3 Å². The molecule has 1 unspecified atom stereocenters. The number of hydrogen-bond donors (Lipinski definition) is 2.